The summed E-state index contributed by atoms with van der Waals surface area (Å²) in [4.78, 5) is 12.7. The maximum atomic E-state index is 10.7. The first-order valence-electron chi connectivity index (χ1n) is 5.58. The van der Waals surface area contributed by atoms with Crippen molar-refractivity contribution in [2.45, 2.75) is 44.9 Å². The van der Waals surface area contributed by atoms with Gasteiger partial charge in [0.25, 0.3) is 0 Å². The van der Waals surface area contributed by atoms with Crippen molar-refractivity contribution in [3.8, 4) is 0 Å². The van der Waals surface area contributed by atoms with Gasteiger partial charge in [-0.25, -0.2) is 0 Å². The normalized spacial score (nSPS) is 27.6. The van der Waals surface area contributed by atoms with Crippen molar-refractivity contribution in [2.24, 2.45) is 0 Å². The van der Waals surface area contributed by atoms with Gasteiger partial charge in [-0.15, -0.1) is 0 Å². The first-order valence-corrected chi connectivity index (χ1v) is 5.58. The second-order valence-electron chi connectivity index (χ2n) is 5.06. The molecule has 0 saturated carbocycles. The number of aliphatic hydroxyl groups is 1. The third-order valence-corrected chi connectivity index (χ3v) is 2.80. The molecule has 2 atom stereocenters. The van der Waals surface area contributed by atoms with Crippen molar-refractivity contribution in [3.63, 3.8) is 0 Å². The van der Waals surface area contributed by atoms with E-state index in [1.807, 2.05) is 20.8 Å². The number of carboxylic acids is 1. The number of aliphatic hydroxyl groups excluding tert-OH is 1. The Kier molecular flexibility index (Phi) is 4.29. The monoisotopic (exact) mass is 231 g/mol. The molecule has 1 aliphatic heterocycles. The van der Waals surface area contributed by atoms with Crippen LogP contribution in [-0.2, 0) is 9.53 Å². The van der Waals surface area contributed by atoms with Gasteiger partial charge in [-0.3, -0.25) is 9.69 Å². The Balaban J connectivity index is 2.62. The maximum Gasteiger partial charge on any atom is 0.304 e. The summed E-state index contributed by atoms with van der Waals surface area (Å²) >= 11 is 0. The Morgan fingerprint density at radius 3 is 2.75 bits per heavy atom. The van der Waals surface area contributed by atoms with E-state index in [1.165, 1.54) is 0 Å². The Morgan fingerprint density at radius 1 is 1.62 bits per heavy atom. The Labute approximate surface area is 96.0 Å². The Morgan fingerprint density at radius 2 is 2.25 bits per heavy atom. The average molecular weight is 231 g/mol. The lowest BCUT2D eigenvalue weighted by Gasteiger charge is -2.44. The lowest BCUT2D eigenvalue weighted by atomic mass is 10.0. The SMILES string of the molecule is CC(CC(=O)O)N1CC(CO)OC(C)(C)C1. The van der Waals surface area contributed by atoms with Crippen molar-refractivity contribution in [1.29, 1.82) is 0 Å². The smallest absolute Gasteiger partial charge is 0.304 e. The van der Waals surface area contributed by atoms with Gasteiger partial charge in [-0.05, 0) is 20.8 Å². The highest BCUT2D eigenvalue weighted by Gasteiger charge is 2.35. The van der Waals surface area contributed by atoms with E-state index in [0.717, 1.165) is 0 Å². The van der Waals surface area contributed by atoms with Gasteiger partial charge in [0, 0.05) is 19.1 Å². The molecule has 0 amide bonds. The Bertz CT molecular complexity index is 254. The van der Waals surface area contributed by atoms with E-state index < -0.39 is 5.97 Å². The topological polar surface area (TPSA) is 70.0 Å². The molecule has 0 aromatic carbocycles. The molecule has 16 heavy (non-hydrogen) atoms. The molecule has 2 unspecified atom stereocenters. The van der Waals surface area contributed by atoms with Gasteiger partial charge in [0.1, 0.15) is 0 Å². The summed E-state index contributed by atoms with van der Waals surface area (Å²) in [6.07, 6.45) is -0.103. The second kappa shape index (κ2) is 5.12. The van der Waals surface area contributed by atoms with Crippen LogP contribution in [0.15, 0.2) is 0 Å². The minimum Gasteiger partial charge on any atom is -0.481 e. The zero-order chi connectivity index (χ0) is 12.3. The summed E-state index contributed by atoms with van der Waals surface area (Å²) in [7, 11) is 0. The molecular weight excluding hydrogens is 210 g/mol. The highest BCUT2D eigenvalue weighted by Crippen LogP contribution is 2.23. The number of rotatable bonds is 4. The van der Waals surface area contributed by atoms with Crippen LogP contribution in [0.4, 0.5) is 0 Å². The van der Waals surface area contributed by atoms with Gasteiger partial charge in [0.15, 0.2) is 0 Å². The van der Waals surface area contributed by atoms with E-state index in [-0.39, 0.29) is 30.8 Å². The third kappa shape index (κ3) is 3.73. The van der Waals surface area contributed by atoms with Crippen LogP contribution in [-0.4, -0.2) is 58.5 Å². The predicted molar refractivity (Wildman–Crippen MR) is 59.3 cm³/mol. The van der Waals surface area contributed by atoms with Gasteiger partial charge >= 0.3 is 5.97 Å². The van der Waals surface area contributed by atoms with E-state index in [0.29, 0.717) is 13.1 Å². The van der Waals surface area contributed by atoms with Crippen LogP contribution >= 0.6 is 0 Å². The third-order valence-electron chi connectivity index (χ3n) is 2.80. The van der Waals surface area contributed by atoms with E-state index in [1.54, 1.807) is 0 Å². The standard InChI is InChI=1S/C11H21NO4/c1-8(4-10(14)15)12-5-9(6-13)16-11(2,3)7-12/h8-9,13H,4-7H2,1-3H3,(H,14,15). The number of aliphatic carboxylic acids is 1. The molecule has 0 bridgehead atoms. The summed E-state index contributed by atoms with van der Waals surface area (Å²) in [6, 6.07) is -0.0327. The minimum atomic E-state index is -0.794. The number of carboxylic acid groups (broad SMARTS) is 1. The van der Waals surface area contributed by atoms with Gasteiger partial charge in [0.05, 0.1) is 24.7 Å². The van der Waals surface area contributed by atoms with E-state index in [4.69, 9.17) is 14.9 Å². The lowest BCUT2D eigenvalue weighted by Crippen LogP contribution is -2.56. The van der Waals surface area contributed by atoms with Gasteiger partial charge < -0.3 is 14.9 Å². The van der Waals surface area contributed by atoms with Crippen LogP contribution in [0.5, 0.6) is 0 Å². The number of ether oxygens (including phenoxy) is 1. The molecule has 0 radical (unpaired) electrons. The second-order valence-corrected chi connectivity index (χ2v) is 5.06. The zero-order valence-electron chi connectivity index (χ0n) is 10.1. The van der Waals surface area contributed by atoms with Crippen molar-refractivity contribution in [1.82, 2.24) is 4.90 Å². The molecule has 0 aromatic heterocycles. The lowest BCUT2D eigenvalue weighted by molar-refractivity contribution is -0.160. The highest BCUT2D eigenvalue weighted by atomic mass is 16.5. The van der Waals surface area contributed by atoms with Gasteiger partial charge in [0.2, 0.25) is 0 Å². The average Bonchev–Trinajstić information content (AvgIpc) is 2.14. The molecule has 1 fully saturated rings. The quantitative estimate of drug-likeness (QED) is 0.729. The highest BCUT2D eigenvalue weighted by molar-refractivity contribution is 5.67. The van der Waals surface area contributed by atoms with Crippen LogP contribution in [0.1, 0.15) is 27.2 Å². The maximum absolute atomic E-state index is 10.7. The molecule has 5 heteroatoms. The fourth-order valence-electron chi connectivity index (χ4n) is 2.15. The molecule has 0 aliphatic carbocycles. The first-order chi connectivity index (χ1) is 7.34. The fourth-order valence-corrected chi connectivity index (χ4v) is 2.15. The van der Waals surface area contributed by atoms with E-state index in [9.17, 15) is 4.79 Å². The van der Waals surface area contributed by atoms with Crippen LogP contribution < -0.4 is 0 Å². The summed E-state index contributed by atoms with van der Waals surface area (Å²) in [5, 5.41) is 17.9. The van der Waals surface area contributed by atoms with Crippen LogP contribution in [0.2, 0.25) is 0 Å². The number of morpholine rings is 1. The van der Waals surface area contributed by atoms with Gasteiger partial charge in [-0.1, -0.05) is 0 Å². The fraction of sp³-hybridized carbons (Fsp3) is 0.909. The van der Waals surface area contributed by atoms with Crippen LogP contribution in [0, 0.1) is 0 Å². The van der Waals surface area contributed by atoms with Crippen molar-refractivity contribution in [3.05, 3.63) is 0 Å². The molecule has 1 aliphatic rings. The number of hydrogen-bond acceptors (Lipinski definition) is 4. The van der Waals surface area contributed by atoms with Crippen LogP contribution in [0.25, 0.3) is 0 Å². The number of hydrogen-bond donors (Lipinski definition) is 2. The summed E-state index contributed by atoms with van der Waals surface area (Å²) in [5.74, 6) is -0.794. The molecule has 1 heterocycles. The van der Waals surface area contributed by atoms with E-state index in [2.05, 4.69) is 4.90 Å². The first kappa shape index (κ1) is 13.4. The molecule has 1 rings (SSSR count). The van der Waals surface area contributed by atoms with Crippen molar-refractivity contribution in [2.75, 3.05) is 19.7 Å². The van der Waals surface area contributed by atoms with E-state index >= 15 is 0 Å². The molecular formula is C11H21NO4. The molecule has 2 N–H and O–H groups in total. The van der Waals surface area contributed by atoms with Gasteiger partial charge in [-0.2, -0.15) is 0 Å². The zero-order valence-corrected chi connectivity index (χ0v) is 10.1. The number of carbonyl (C=O) groups is 1. The summed E-state index contributed by atoms with van der Waals surface area (Å²) in [5.41, 5.74) is -0.335. The molecule has 1 saturated heterocycles. The van der Waals surface area contributed by atoms with Crippen molar-refractivity contribution >= 4 is 5.97 Å². The van der Waals surface area contributed by atoms with Crippen molar-refractivity contribution < 1.29 is 19.7 Å². The predicted octanol–water partition coefficient (Wildman–Crippen LogP) is 0.321. The summed E-state index contributed by atoms with van der Waals surface area (Å²) < 4.78 is 5.67. The Hall–Kier alpha value is -0.650. The summed E-state index contributed by atoms with van der Waals surface area (Å²) in [6.45, 7) is 7.06. The minimum absolute atomic E-state index is 0.0281. The molecule has 94 valence electrons. The molecule has 5 nitrogen and oxygen atoms in total. The molecule has 0 aromatic rings. The van der Waals surface area contributed by atoms with Crippen LogP contribution in [0.3, 0.4) is 0 Å². The number of nitrogens with zero attached hydrogens (tertiary/aromatic N) is 1. The largest absolute Gasteiger partial charge is 0.481 e. The molecule has 0 spiro atoms.